The Hall–Kier alpha value is -2.51. The van der Waals surface area contributed by atoms with E-state index in [9.17, 15) is 23.1 Å². The number of carbonyl (C=O) groups is 1. The lowest BCUT2D eigenvalue weighted by atomic mass is 10.1. The fraction of sp³-hybridized carbons (Fsp3) is 0.375. The van der Waals surface area contributed by atoms with E-state index in [-0.39, 0.29) is 12.4 Å². The molecule has 5 nitrogen and oxygen atoms in total. The third-order valence-corrected chi connectivity index (χ3v) is 4.13. The van der Waals surface area contributed by atoms with Crippen molar-refractivity contribution in [3.8, 4) is 0 Å². The maximum atomic E-state index is 13.2. The van der Waals surface area contributed by atoms with Crippen LogP contribution in [0.4, 0.5) is 19.0 Å². The SMILES string of the molecule is Cc1ccccc1CN1CCCn2nc(C(F)(F)F)c(C(=O)O)c21. The number of halogens is 3. The minimum atomic E-state index is -4.80. The summed E-state index contributed by atoms with van der Waals surface area (Å²) in [6.07, 6.45) is -4.19. The number of alkyl halides is 3. The fourth-order valence-corrected chi connectivity index (χ4v) is 2.99. The number of aromatic carboxylic acids is 1. The molecule has 0 unspecified atom stereocenters. The Morgan fingerprint density at radius 2 is 2.00 bits per heavy atom. The second-order valence-corrected chi connectivity index (χ2v) is 5.77. The summed E-state index contributed by atoms with van der Waals surface area (Å²) < 4.78 is 40.6. The molecule has 1 aliphatic rings. The molecular formula is C16H16F3N3O2. The van der Waals surface area contributed by atoms with Crippen molar-refractivity contribution >= 4 is 11.8 Å². The van der Waals surface area contributed by atoms with Gasteiger partial charge in [0.2, 0.25) is 0 Å². The number of fused-ring (bicyclic) bond motifs is 1. The summed E-state index contributed by atoms with van der Waals surface area (Å²) in [5, 5.41) is 12.9. The van der Waals surface area contributed by atoms with Crippen LogP contribution >= 0.6 is 0 Å². The highest BCUT2D eigenvalue weighted by Crippen LogP contribution is 2.38. The Morgan fingerprint density at radius 3 is 2.62 bits per heavy atom. The van der Waals surface area contributed by atoms with E-state index in [1.807, 2.05) is 31.2 Å². The van der Waals surface area contributed by atoms with Gasteiger partial charge >= 0.3 is 12.1 Å². The van der Waals surface area contributed by atoms with Crippen LogP contribution in [0.5, 0.6) is 0 Å². The van der Waals surface area contributed by atoms with Gasteiger partial charge in [0, 0.05) is 19.6 Å². The molecule has 1 aromatic carbocycles. The largest absolute Gasteiger partial charge is 0.477 e. The van der Waals surface area contributed by atoms with E-state index >= 15 is 0 Å². The van der Waals surface area contributed by atoms with Crippen molar-refractivity contribution in [3.63, 3.8) is 0 Å². The number of carboxylic acid groups (broad SMARTS) is 1. The van der Waals surface area contributed by atoms with Crippen molar-refractivity contribution in [2.45, 2.75) is 32.6 Å². The number of anilines is 1. The number of hydrogen-bond acceptors (Lipinski definition) is 3. The molecule has 0 aliphatic carbocycles. The summed E-state index contributed by atoms with van der Waals surface area (Å²) in [6, 6.07) is 7.53. The van der Waals surface area contributed by atoms with Gasteiger partial charge in [-0.05, 0) is 24.5 Å². The first kappa shape index (κ1) is 16.4. The molecule has 8 heteroatoms. The fourth-order valence-electron chi connectivity index (χ4n) is 2.99. The molecule has 0 amide bonds. The molecule has 0 saturated carbocycles. The zero-order valence-corrected chi connectivity index (χ0v) is 13.0. The minimum absolute atomic E-state index is 0.0318. The van der Waals surface area contributed by atoms with Gasteiger partial charge in [0.1, 0.15) is 11.4 Å². The van der Waals surface area contributed by atoms with Gasteiger partial charge in [0.25, 0.3) is 0 Å². The summed E-state index contributed by atoms with van der Waals surface area (Å²) in [5.74, 6) is -1.58. The lowest BCUT2D eigenvalue weighted by molar-refractivity contribution is -0.142. The molecule has 2 aromatic rings. The highest BCUT2D eigenvalue weighted by molar-refractivity contribution is 5.95. The summed E-state index contributed by atoms with van der Waals surface area (Å²) in [6.45, 7) is 3.01. The van der Waals surface area contributed by atoms with Crippen molar-refractivity contribution in [3.05, 3.63) is 46.6 Å². The molecule has 3 rings (SSSR count). The summed E-state index contributed by atoms with van der Waals surface area (Å²) >= 11 is 0. The molecule has 0 fully saturated rings. The van der Waals surface area contributed by atoms with E-state index in [1.54, 1.807) is 4.90 Å². The third kappa shape index (κ3) is 2.83. The number of hydrogen-bond donors (Lipinski definition) is 1. The second-order valence-electron chi connectivity index (χ2n) is 5.77. The summed E-state index contributed by atoms with van der Waals surface area (Å²) in [5.41, 5.74) is -0.156. The molecule has 0 radical (unpaired) electrons. The molecule has 1 aliphatic heterocycles. The van der Waals surface area contributed by atoms with Gasteiger partial charge in [-0.2, -0.15) is 18.3 Å². The molecular weight excluding hydrogens is 323 g/mol. The Morgan fingerprint density at radius 1 is 1.29 bits per heavy atom. The van der Waals surface area contributed by atoms with E-state index < -0.39 is 23.4 Å². The normalized spacial score (nSPS) is 14.6. The zero-order chi connectivity index (χ0) is 17.5. The molecule has 0 saturated heterocycles. The first-order chi connectivity index (χ1) is 11.3. The average Bonchev–Trinajstić information content (AvgIpc) is 2.90. The van der Waals surface area contributed by atoms with Crippen LogP contribution in [0.15, 0.2) is 24.3 Å². The number of aryl methyl sites for hydroxylation is 2. The molecule has 1 aromatic heterocycles. The van der Waals surface area contributed by atoms with Crippen LogP contribution in [0, 0.1) is 6.92 Å². The van der Waals surface area contributed by atoms with Crippen LogP contribution in [0.1, 0.15) is 33.6 Å². The minimum Gasteiger partial charge on any atom is -0.477 e. The third-order valence-electron chi connectivity index (χ3n) is 4.13. The Kier molecular flexibility index (Phi) is 3.98. The lowest BCUT2D eigenvalue weighted by Crippen LogP contribution is -2.33. The number of rotatable bonds is 3. The van der Waals surface area contributed by atoms with Crippen molar-refractivity contribution in [1.29, 1.82) is 0 Å². The van der Waals surface area contributed by atoms with E-state index in [0.717, 1.165) is 15.8 Å². The lowest BCUT2D eigenvalue weighted by Gasteiger charge is -2.30. The van der Waals surface area contributed by atoms with E-state index in [4.69, 9.17) is 0 Å². The molecule has 128 valence electrons. The highest BCUT2D eigenvalue weighted by Gasteiger charge is 2.43. The summed E-state index contributed by atoms with van der Waals surface area (Å²) in [4.78, 5) is 13.2. The van der Waals surface area contributed by atoms with Crippen LogP contribution in [-0.4, -0.2) is 27.4 Å². The number of nitrogens with zero attached hydrogens (tertiary/aromatic N) is 3. The zero-order valence-electron chi connectivity index (χ0n) is 13.0. The second kappa shape index (κ2) is 5.85. The molecule has 0 spiro atoms. The van der Waals surface area contributed by atoms with Crippen molar-refractivity contribution < 1.29 is 23.1 Å². The van der Waals surface area contributed by atoms with E-state index in [1.165, 1.54) is 0 Å². The van der Waals surface area contributed by atoms with Crippen LogP contribution in [0.3, 0.4) is 0 Å². The molecule has 24 heavy (non-hydrogen) atoms. The predicted octanol–water partition coefficient (Wildman–Crippen LogP) is 3.32. The number of benzene rings is 1. The Bertz CT molecular complexity index is 783. The van der Waals surface area contributed by atoms with Crippen LogP contribution in [-0.2, 0) is 19.3 Å². The first-order valence-corrected chi connectivity index (χ1v) is 7.50. The van der Waals surface area contributed by atoms with Crippen LogP contribution < -0.4 is 4.90 Å². The van der Waals surface area contributed by atoms with Gasteiger partial charge in [-0.15, -0.1) is 0 Å². The predicted molar refractivity (Wildman–Crippen MR) is 81.0 cm³/mol. The van der Waals surface area contributed by atoms with Crippen LogP contribution in [0.25, 0.3) is 0 Å². The van der Waals surface area contributed by atoms with E-state index in [2.05, 4.69) is 5.10 Å². The molecule has 0 bridgehead atoms. The summed E-state index contributed by atoms with van der Waals surface area (Å²) in [7, 11) is 0. The van der Waals surface area contributed by atoms with Crippen molar-refractivity contribution in [2.24, 2.45) is 0 Å². The van der Waals surface area contributed by atoms with Gasteiger partial charge in [0.05, 0.1) is 0 Å². The van der Waals surface area contributed by atoms with Crippen molar-refractivity contribution in [2.75, 3.05) is 11.4 Å². The van der Waals surface area contributed by atoms with Crippen LogP contribution in [0.2, 0.25) is 0 Å². The quantitative estimate of drug-likeness (QED) is 0.932. The van der Waals surface area contributed by atoms with Crippen molar-refractivity contribution in [1.82, 2.24) is 9.78 Å². The Labute approximate surface area is 136 Å². The van der Waals surface area contributed by atoms with Gasteiger partial charge < -0.3 is 10.0 Å². The number of aromatic nitrogens is 2. The van der Waals surface area contributed by atoms with Gasteiger partial charge in [-0.1, -0.05) is 24.3 Å². The standard InChI is InChI=1S/C16H16F3N3O2/c1-10-5-2-3-6-11(10)9-21-7-4-8-22-14(21)12(15(23)24)13(20-22)16(17,18)19/h2-3,5-6H,4,7-9H2,1H3,(H,23,24). The van der Waals surface area contributed by atoms with E-state index in [0.29, 0.717) is 19.5 Å². The topological polar surface area (TPSA) is 58.4 Å². The maximum Gasteiger partial charge on any atom is 0.436 e. The monoisotopic (exact) mass is 339 g/mol. The molecule has 2 heterocycles. The van der Waals surface area contributed by atoms with Gasteiger partial charge in [-0.3, -0.25) is 0 Å². The van der Waals surface area contributed by atoms with Gasteiger partial charge in [-0.25, -0.2) is 9.48 Å². The highest BCUT2D eigenvalue weighted by atomic mass is 19.4. The molecule has 1 N–H and O–H groups in total. The molecule has 0 atom stereocenters. The van der Waals surface area contributed by atoms with Gasteiger partial charge in [0.15, 0.2) is 5.69 Å². The number of carboxylic acids is 1. The Balaban J connectivity index is 2.08. The smallest absolute Gasteiger partial charge is 0.436 e. The maximum absolute atomic E-state index is 13.2. The first-order valence-electron chi connectivity index (χ1n) is 7.50. The average molecular weight is 339 g/mol.